The van der Waals surface area contributed by atoms with Gasteiger partial charge in [0.25, 0.3) is 0 Å². The molecule has 0 saturated heterocycles. The van der Waals surface area contributed by atoms with Crippen LogP contribution in [0.3, 0.4) is 0 Å². The van der Waals surface area contributed by atoms with Crippen LogP contribution < -0.4 is 0 Å². The van der Waals surface area contributed by atoms with Crippen molar-refractivity contribution in [2.45, 2.75) is 0 Å². The Bertz CT molecular complexity index is 3420. The summed E-state index contributed by atoms with van der Waals surface area (Å²) in [4.78, 5) is 5.50. The lowest BCUT2D eigenvalue weighted by Gasteiger charge is -2.14. The van der Waals surface area contributed by atoms with Crippen molar-refractivity contribution >= 4 is 59.9 Å². The highest BCUT2D eigenvalue weighted by atomic mass is 15.1. The molecule has 0 amide bonds. The van der Waals surface area contributed by atoms with Crippen molar-refractivity contribution in [3.8, 4) is 50.5 Å². The van der Waals surface area contributed by atoms with E-state index < -0.39 is 0 Å². The minimum Gasteiger partial charge on any atom is -0.309 e. The van der Waals surface area contributed by atoms with Crippen molar-refractivity contribution in [1.82, 2.24) is 14.0 Å². The maximum Gasteiger partial charge on any atom is 0.138 e. The van der Waals surface area contributed by atoms with E-state index in [-0.39, 0.29) is 0 Å². The van der Waals surface area contributed by atoms with E-state index >= 15 is 0 Å². The first-order valence-electron chi connectivity index (χ1n) is 19.9. The molecular formula is C55H35N3. The maximum absolute atomic E-state index is 5.50. The largest absolute Gasteiger partial charge is 0.309 e. The Labute approximate surface area is 335 Å². The zero-order valence-corrected chi connectivity index (χ0v) is 31.5. The van der Waals surface area contributed by atoms with Gasteiger partial charge in [0.1, 0.15) is 5.82 Å². The Balaban J connectivity index is 1.11. The predicted molar refractivity (Wildman–Crippen MR) is 244 cm³/mol. The van der Waals surface area contributed by atoms with Crippen molar-refractivity contribution in [3.63, 3.8) is 0 Å². The Morgan fingerprint density at radius 3 is 1.40 bits per heavy atom. The van der Waals surface area contributed by atoms with Crippen LogP contribution in [-0.2, 0) is 0 Å². The monoisotopic (exact) mass is 737 g/mol. The van der Waals surface area contributed by atoms with E-state index in [1.54, 1.807) is 0 Å². The third-order valence-corrected chi connectivity index (χ3v) is 11.9. The number of para-hydroxylation sites is 2. The quantitative estimate of drug-likeness (QED) is 0.161. The highest BCUT2D eigenvalue weighted by Gasteiger charge is 2.20. The summed E-state index contributed by atoms with van der Waals surface area (Å²) in [6.07, 6.45) is 0. The molecule has 12 aromatic rings. The number of aromatic nitrogens is 3. The normalized spacial score (nSPS) is 11.8. The second-order valence-electron chi connectivity index (χ2n) is 15.2. The summed E-state index contributed by atoms with van der Waals surface area (Å²) >= 11 is 0. The molecule has 58 heavy (non-hydrogen) atoms. The first-order valence-corrected chi connectivity index (χ1v) is 19.9. The average molecular weight is 738 g/mol. The summed E-state index contributed by atoms with van der Waals surface area (Å²) in [5.41, 5.74) is 14.9. The van der Waals surface area contributed by atoms with Crippen LogP contribution in [0.4, 0.5) is 0 Å². The van der Waals surface area contributed by atoms with Gasteiger partial charge in [0.2, 0.25) is 0 Å². The molecule has 270 valence electrons. The summed E-state index contributed by atoms with van der Waals surface area (Å²) < 4.78 is 4.82. The van der Waals surface area contributed by atoms with Gasteiger partial charge in [-0.05, 0) is 81.2 Å². The van der Waals surface area contributed by atoms with Gasteiger partial charge in [-0.15, -0.1) is 0 Å². The van der Waals surface area contributed by atoms with Gasteiger partial charge in [0.05, 0.1) is 33.3 Å². The zero-order valence-electron chi connectivity index (χ0n) is 31.5. The molecule has 0 aliphatic carbocycles. The smallest absolute Gasteiger partial charge is 0.138 e. The molecule has 12 rings (SSSR count). The van der Waals surface area contributed by atoms with Gasteiger partial charge in [-0.2, -0.15) is 0 Å². The van der Waals surface area contributed by atoms with E-state index in [0.717, 1.165) is 39.2 Å². The standard InChI is InChI=1S/C55H35N3/c1-3-13-36(14-4-1)38-23-25-40(26-24-38)42-33-48(41-29-27-39(28-30-41)37-15-5-2-6-16-37)56-54(34-42)58-50-22-12-10-20-46(50)55-47-35-53-45-19-8-7-17-43(45)44-18-9-11-21-49(44)57(53)51(47)31-32-52(55)58/h1-35H. The summed E-state index contributed by atoms with van der Waals surface area (Å²) in [5.74, 6) is 0.886. The van der Waals surface area contributed by atoms with Crippen molar-refractivity contribution < 1.29 is 0 Å². The highest BCUT2D eigenvalue weighted by molar-refractivity contribution is 6.25. The van der Waals surface area contributed by atoms with Gasteiger partial charge >= 0.3 is 0 Å². The van der Waals surface area contributed by atoms with E-state index in [4.69, 9.17) is 4.98 Å². The van der Waals surface area contributed by atoms with Crippen LogP contribution >= 0.6 is 0 Å². The molecule has 0 spiro atoms. The van der Waals surface area contributed by atoms with Crippen molar-refractivity contribution in [2.24, 2.45) is 0 Å². The molecular weight excluding hydrogens is 703 g/mol. The third kappa shape index (κ3) is 5.04. The number of benzene rings is 8. The molecule has 0 N–H and O–H groups in total. The fraction of sp³-hybridized carbons (Fsp3) is 0. The number of pyridine rings is 2. The lowest BCUT2D eigenvalue weighted by Crippen LogP contribution is -2.00. The lowest BCUT2D eigenvalue weighted by atomic mass is 9.98. The van der Waals surface area contributed by atoms with Crippen molar-refractivity contribution in [2.75, 3.05) is 0 Å². The van der Waals surface area contributed by atoms with Crippen LogP contribution in [0.25, 0.3) is 110 Å². The first kappa shape index (κ1) is 32.5. The van der Waals surface area contributed by atoms with Crippen LogP contribution in [0.15, 0.2) is 212 Å². The summed E-state index contributed by atoms with van der Waals surface area (Å²) in [5, 5.41) is 7.46. The van der Waals surface area contributed by atoms with Gasteiger partial charge in [0.15, 0.2) is 0 Å². The topological polar surface area (TPSA) is 22.2 Å². The van der Waals surface area contributed by atoms with E-state index in [2.05, 4.69) is 221 Å². The van der Waals surface area contributed by atoms with E-state index in [1.165, 1.54) is 71.1 Å². The molecule has 4 heterocycles. The van der Waals surface area contributed by atoms with Gasteiger partial charge in [-0.3, -0.25) is 4.57 Å². The molecule has 0 bridgehead atoms. The van der Waals surface area contributed by atoms with Gasteiger partial charge in [0, 0.05) is 32.5 Å². The minimum absolute atomic E-state index is 0.886. The molecule has 0 saturated carbocycles. The SMILES string of the molecule is c1ccc(-c2ccc(-c3cc(-c4ccc(-c5ccccc5)cc4)nc(-n4c5ccccc5c5c6cc7c8ccccc8c8ccccc8n7c6ccc54)c3)cc2)cc1. The minimum atomic E-state index is 0.886. The lowest BCUT2D eigenvalue weighted by molar-refractivity contribution is 1.08. The average Bonchev–Trinajstić information content (AvgIpc) is 3.87. The molecule has 0 unspecified atom stereocenters. The van der Waals surface area contributed by atoms with Crippen LogP contribution in [0.2, 0.25) is 0 Å². The summed E-state index contributed by atoms with van der Waals surface area (Å²) in [6.45, 7) is 0. The summed E-state index contributed by atoms with van der Waals surface area (Å²) in [6, 6.07) is 76.7. The second-order valence-corrected chi connectivity index (χ2v) is 15.2. The molecule has 0 radical (unpaired) electrons. The molecule has 3 nitrogen and oxygen atoms in total. The maximum atomic E-state index is 5.50. The van der Waals surface area contributed by atoms with Gasteiger partial charge in [-0.25, -0.2) is 4.98 Å². The van der Waals surface area contributed by atoms with Crippen molar-refractivity contribution in [3.05, 3.63) is 212 Å². The van der Waals surface area contributed by atoms with Crippen LogP contribution in [-0.4, -0.2) is 14.0 Å². The Hall–Kier alpha value is -7.75. The van der Waals surface area contributed by atoms with Crippen LogP contribution in [0.5, 0.6) is 0 Å². The summed E-state index contributed by atoms with van der Waals surface area (Å²) in [7, 11) is 0. The molecule has 8 aromatic carbocycles. The Morgan fingerprint density at radius 1 is 0.276 bits per heavy atom. The number of rotatable bonds is 5. The number of hydrogen-bond acceptors (Lipinski definition) is 1. The molecule has 0 aliphatic heterocycles. The molecule has 4 aromatic heterocycles. The fourth-order valence-electron chi connectivity index (χ4n) is 9.19. The number of hydrogen-bond donors (Lipinski definition) is 0. The molecule has 0 fully saturated rings. The Morgan fingerprint density at radius 2 is 0.741 bits per heavy atom. The number of nitrogens with zero attached hydrogens (tertiary/aromatic N) is 3. The van der Waals surface area contributed by atoms with Crippen LogP contribution in [0.1, 0.15) is 0 Å². The van der Waals surface area contributed by atoms with Crippen LogP contribution in [0, 0.1) is 0 Å². The number of fused-ring (bicyclic) bond motifs is 12. The van der Waals surface area contributed by atoms with Crippen molar-refractivity contribution in [1.29, 1.82) is 0 Å². The highest BCUT2D eigenvalue weighted by Crippen LogP contribution is 2.42. The fourth-order valence-corrected chi connectivity index (χ4v) is 9.19. The first-order chi connectivity index (χ1) is 28.8. The van der Waals surface area contributed by atoms with E-state index in [9.17, 15) is 0 Å². The van der Waals surface area contributed by atoms with E-state index in [0.29, 0.717) is 0 Å². The third-order valence-electron chi connectivity index (χ3n) is 11.9. The predicted octanol–water partition coefficient (Wildman–Crippen LogP) is 14.6. The molecule has 3 heteroatoms. The van der Waals surface area contributed by atoms with Gasteiger partial charge in [-0.1, -0.05) is 170 Å². The second kappa shape index (κ2) is 12.9. The van der Waals surface area contributed by atoms with E-state index in [1.807, 2.05) is 0 Å². The molecule has 0 atom stereocenters. The Kier molecular flexibility index (Phi) is 7.23. The van der Waals surface area contributed by atoms with Gasteiger partial charge < -0.3 is 4.40 Å². The molecule has 0 aliphatic rings. The zero-order chi connectivity index (χ0) is 38.2.